The van der Waals surface area contributed by atoms with Crippen LogP contribution in [-0.4, -0.2) is 40.7 Å². The van der Waals surface area contributed by atoms with E-state index in [0.717, 1.165) is 5.71 Å². The molecule has 4 rings (SSSR count). The standard InChI is InChI=1S/C22H23Cl2F4N3O3/c1-10-5-12(3-4-14(10)20(32)29-18-6-11(2)30-33-18)17-9-21(34-31-17,22(26,27)28)13-7-15(23)19(25)16(24)8-13/h3,5,13-15,18H,4,6-9H2,1-2H3,(H,29,32)/t13?,14?,15?,18?,21-/m0/s1. The molecule has 2 aliphatic carbocycles. The molecule has 0 aromatic heterocycles. The number of hydrogen-bond acceptors (Lipinski definition) is 5. The fourth-order valence-corrected chi connectivity index (χ4v) is 5.39. The summed E-state index contributed by atoms with van der Waals surface area (Å²) >= 11 is 11.8. The van der Waals surface area contributed by atoms with Crippen molar-refractivity contribution in [2.45, 2.75) is 69.3 Å². The quantitative estimate of drug-likeness (QED) is 0.383. The number of alkyl halides is 4. The van der Waals surface area contributed by atoms with E-state index in [1.807, 2.05) is 0 Å². The maximum Gasteiger partial charge on any atom is 0.431 e. The van der Waals surface area contributed by atoms with Crippen molar-refractivity contribution < 1.29 is 32.0 Å². The van der Waals surface area contributed by atoms with Crippen LogP contribution in [0.1, 0.15) is 46.0 Å². The Morgan fingerprint density at radius 2 is 2.00 bits per heavy atom. The van der Waals surface area contributed by atoms with Gasteiger partial charge in [0.2, 0.25) is 17.7 Å². The molecule has 0 spiro atoms. The topological polar surface area (TPSA) is 72.3 Å². The number of carbonyl (C=O) groups is 1. The van der Waals surface area contributed by atoms with Gasteiger partial charge in [0.25, 0.3) is 0 Å². The Hall–Kier alpha value is -2.07. The van der Waals surface area contributed by atoms with E-state index in [1.54, 1.807) is 26.0 Å². The normalized spacial score (nSPS) is 34.0. The van der Waals surface area contributed by atoms with Crippen molar-refractivity contribution >= 4 is 40.5 Å². The van der Waals surface area contributed by atoms with E-state index in [-0.39, 0.29) is 35.9 Å². The average molecular weight is 524 g/mol. The molecule has 0 aromatic carbocycles. The van der Waals surface area contributed by atoms with Gasteiger partial charge in [-0.15, -0.1) is 11.6 Å². The van der Waals surface area contributed by atoms with E-state index < -0.39 is 47.5 Å². The molecule has 34 heavy (non-hydrogen) atoms. The molecular weight excluding hydrogens is 501 g/mol. The average Bonchev–Trinajstić information content (AvgIpc) is 3.38. The van der Waals surface area contributed by atoms with Gasteiger partial charge in [-0.05, 0) is 38.7 Å². The predicted octanol–water partition coefficient (Wildman–Crippen LogP) is 5.63. The van der Waals surface area contributed by atoms with E-state index >= 15 is 0 Å². The zero-order valence-electron chi connectivity index (χ0n) is 18.4. The SMILES string of the molecule is CC1=CC(C2=NO[C@@](C3CC(Cl)=C(F)C(Cl)C3)(C(F)(F)F)C2)=CCC1C(=O)NC1CC(C)=NO1. The Kier molecular flexibility index (Phi) is 6.76. The number of nitrogens with zero attached hydrogens (tertiary/aromatic N) is 2. The summed E-state index contributed by atoms with van der Waals surface area (Å²) in [6.07, 6.45) is -2.44. The summed E-state index contributed by atoms with van der Waals surface area (Å²) < 4.78 is 56.7. The summed E-state index contributed by atoms with van der Waals surface area (Å²) in [7, 11) is 0. The number of halogens is 6. The van der Waals surface area contributed by atoms with Crippen LogP contribution in [-0.2, 0) is 14.5 Å². The molecule has 2 heterocycles. The molecule has 186 valence electrons. The van der Waals surface area contributed by atoms with Crippen molar-refractivity contribution in [1.29, 1.82) is 0 Å². The lowest BCUT2D eigenvalue weighted by Crippen LogP contribution is -2.53. The molecule has 4 aliphatic rings. The number of allylic oxidation sites excluding steroid dienone is 5. The Morgan fingerprint density at radius 3 is 2.59 bits per heavy atom. The van der Waals surface area contributed by atoms with Crippen LogP contribution in [0, 0.1) is 11.8 Å². The second-order valence-corrected chi connectivity index (χ2v) is 10.0. The predicted molar refractivity (Wildman–Crippen MR) is 119 cm³/mol. The van der Waals surface area contributed by atoms with Crippen molar-refractivity contribution in [3.63, 3.8) is 0 Å². The summed E-state index contributed by atoms with van der Waals surface area (Å²) in [5.41, 5.74) is -0.658. The van der Waals surface area contributed by atoms with Crippen LogP contribution >= 0.6 is 23.2 Å². The van der Waals surface area contributed by atoms with Crippen LogP contribution in [0.5, 0.6) is 0 Å². The van der Waals surface area contributed by atoms with E-state index in [9.17, 15) is 22.4 Å². The molecule has 0 aromatic rings. The summed E-state index contributed by atoms with van der Waals surface area (Å²) in [6, 6.07) is 0. The van der Waals surface area contributed by atoms with Gasteiger partial charge in [0.05, 0.1) is 27.8 Å². The Labute approximate surface area is 203 Å². The van der Waals surface area contributed by atoms with Crippen molar-refractivity contribution in [3.05, 3.63) is 34.2 Å². The summed E-state index contributed by atoms with van der Waals surface area (Å²) in [5, 5.41) is 8.76. The van der Waals surface area contributed by atoms with Gasteiger partial charge in [-0.2, -0.15) is 13.2 Å². The lowest BCUT2D eigenvalue weighted by atomic mass is 9.74. The third-order valence-electron chi connectivity index (χ3n) is 6.62. The summed E-state index contributed by atoms with van der Waals surface area (Å²) in [6.45, 7) is 3.52. The third kappa shape index (κ3) is 4.58. The minimum absolute atomic E-state index is 0.107. The van der Waals surface area contributed by atoms with Crippen LogP contribution in [0.15, 0.2) is 44.5 Å². The molecule has 12 heteroatoms. The second-order valence-electron chi connectivity index (χ2n) is 9.02. The van der Waals surface area contributed by atoms with Gasteiger partial charge in [-0.25, -0.2) is 4.39 Å². The Balaban J connectivity index is 1.47. The van der Waals surface area contributed by atoms with Gasteiger partial charge in [0.1, 0.15) is 5.83 Å². The van der Waals surface area contributed by atoms with Crippen LogP contribution in [0.3, 0.4) is 0 Å². The van der Waals surface area contributed by atoms with Crippen LogP contribution in [0.25, 0.3) is 0 Å². The molecule has 6 nitrogen and oxygen atoms in total. The molecule has 1 amide bonds. The highest BCUT2D eigenvalue weighted by atomic mass is 35.5. The van der Waals surface area contributed by atoms with Crippen molar-refractivity contribution in [3.8, 4) is 0 Å². The minimum Gasteiger partial charge on any atom is -0.378 e. The highest BCUT2D eigenvalue weighted by molar-refractivity contribution is 6.31. The highest BCUT2D eigenvalue weighted by Crippen LogP contribution is 2.53. The monoisotopic (exact) mass is 523 g/mol. The molecule has 0 saturated carbocycles. The number of hydrogen-bond donors (Lipinski definition) is 1. The van der Waals surface area contributed by atoms with Crippen molar-refractivity contribution in [2.75, 3.05) is 0 Å². The van der Waals surface area contributed by atoms with Crippen molar-refractivity contribution in [1.82, 2.24) is 5.32 Å². The minimum atomic E-state index is -4.79. The summed E-state index contributed by atoms with van der Waals surface area (Å²) in [4.78, 5) is 22.9. The van der Waals surface area contributed by atoms with Crippen LogP contribution in [0.4, 0.5) is 17.6 Å². The van der Waals surface area contributed by atoms with Gasteiger partial charge in [-0.1, -0.05) is 39.6 Å². The first kappa shape index (κ1) is 25.0. The summed E-state index contributed by atoms with van der Waals surface area (Å²) in [5.74, 6) is -2.76. The lowest BCUT2D eigenvalue weighted by Gasteiger charge is -2.39. The molecule has 2 aliphatic heterocycles. The maximum atomic E-state index is 14.3. The highest BCUT2D eigenvalue weighted by Gasteiger charge is 2.66. The Morgan fingerprint density at radius 1 is 1.26 bits per heavy atom. The fraction of sp³-hybridized carbons (Fsp3) is 0.591. The van der Waals surface area contributed by atoms with Gasteiger partial charge in [0, 0.05) is 18.8 Å². The zero-order chi connectivity index (χ0) is 24.8. The lowest BCUT2D eigenvalue weighted by molar-refractivity contribution is -0.289. The second kappa shape index (κ2) is 9.18. The van der Waals surface area contributed by atoms with Crippen molar-refractivity contribution in [2.24, 2.45) is 22.1 Å². The number of nitrogens with one attached hydrogen (secondary N) is 1. The first-order chi connectivity index (χ1) is 15.9. The molecule has 0 radical (unpaired) electrons. The van der Waals surface area contributed by atoms with Gasteiger partial charge in [-0.3, -0.25) is 4.79 Å². The first-order valence-electron chi connectivity index (χ1n) is 10.8. The molecule has 5 atom stereocenters. The number of oxime groups is 2. The molecule has 1 N–H and O–H groups in total. The molecule has 0 fully saturated rings. The van der Waals surface area contributed by atoms with Crippen LogP contribution in [0.2, 0.25) is 0 Å². The molecule has 0 saturated heterocycles. The zero-order valence-corrected chi connectivity index (χ0v) is 19.9. The van der Waals surface area contributed by atoms with Gasteiger partial charge >= 0.3 is 6.18 Å². The van der Waals surface area contributed by atoms with E-state index in [1.165, 1.54) is 0 Å². The molecule has 4 unspecified atom stereocenters. The van der Waals surface area contributed by atoms with E-state index in [2.05, 4.69) is 15.6 Å². The van der Waals surface area contributed by atoms with E-state index in [0.29, 0.717) is 17.6 Å². The molecule has 0 bridgehead atoms. The Bertz CT molecular complexity index is 1040. The first-order valence-corrected chi connectivity index (χ1v) is 11.6. The fourth-order valence-electron chi connectivity index (χ4n) is 4.67. The number of rotatable bonds is 4. The van der Waals surface area contributed by atoms with Gasteiger partial charge in [0.15, 0.2) is 0 Å². The third-order valence-corrected chi connectivity index (χ3v) is 7.32. The van der Waals surface area contributed by atoms with Crippen LogP contribution < -0.4 is 5.32 Å². The number of amides is 1. The molecular formula is C22H23Cl2F4N3O3. The maximum absolute atomic E-state index is 14.3. The number of carbonyl (C=O) groups excluding carboxylic acids is 1. The smallest absolute Gasteiger partial charge is 0.378 e. The van der Waals surface area contributed by atoms with E-state index in [4.69, 9.17) is 32.9 Å². The van der Waals surface area contributed by atoms with Gasteiger partial charge < -0.3 is 15.0 Å². The largest absolute Gasteiger partial charge is 0.431 e.